The van der Waals surface area contributed by atoms with E-state index in [0.717, 1.165) is 31.0 Å². The van der Waals surface area contributed by atoms with Crippen molar-refractivity contribution in [3.8, 4) is 0 Å². The molecular formula is C18H29N5O2. The van der Waals surface area contributed by atoms with Crippen LogP contribution in [0.25, 0.3) is 0 Å². The highest BCUT2D eigenvalue weighted by atomic mass is 16.2. The number of benzene rings is 1. The maximum Gasteiger partial charge on any atom is 0.251 e. The average molecular weight is 347 g/mol. The Kier molecular flexibility index (Phi) is 9.74. The Hall–Kier alpha value is -2.57. The largest absolute Gasteiger partial charge is 0.368 e. The van der Waals surface area contributed by atoms with Crippen LogP contribution in [0.2, 0.25) is 0 Å². The van der Waals surface area contributed by atoms with Gasteiger partial charge in [-0.3, -0.25) is 9.59 Å². The molecule has 0 heterocycles. The number of unbranched alkanes of at least 4 members (excludes halogenated alkanes) is 2. The standard InChI is InChI=1S/C18H29N5O2/c1-3-5-6-11-21-18(20-4-2)23-12-14-7-9-15(10-8-14)17(25)22-13-16(19)24/h7-10H,3-6,11-13H2,1-2H3,(H2,19,24)(H,22,25)(H2,20,21,23). The lowest BCUT2D eigenvalue weighted by molar-refractivity contribution is -0.117. The van der Waals surface area contributed by atoms with Gasteiger partial charge in [-0.05, 0) is 31.0 Å². The molecule has 2 amide bonds. The van der Waals surface area contributed by atoms with Crippen LogP contribution in [0, 0.1) is 0 Å². The molecule has 25 heavy (non-hydrogen) atoms. The van der Waals surface area contributed by atoms with Crippen LogP contribution < -0.4 is 21.7 Å². The molecule has 0 radical (unpaired) electrons. The summed E-state index contributed by atoms with van der Waals surface area (Å²) in [6, 6.07) is 7.12. The molecule has 138 valence electrons. The maximum absolute atomic E-state index is 11.8. The zero-order valence-corrected chi connectivity index (χ0v) is 15.1. The highest BCUT2D eigenvalue weighted by Crippen LogP contribution is 2.06. The van der Waals surface area contributed by atoms with E-state index in [4.69, 9.17) is 5.73 Å². The summed E-state index contributed by atoms with van der Waals surface area (Å²) < 4.78 is 0. The Morgan fingerprint density at radius 1 is 1.04 bits per heavy atom. The smallest absolute Gasteiger partial charge is 0.251 e. The van der Waals surface area contributed by atoms with Crippen molar-refractivity contribution in [3.05, 3.63) is 35.4 Å². The summed E-state index contributed by atoms with van der Waals surface area (Å²) in [5.74, 6) is -0.0941. The minimum Gasteiger partial charge on any atom is -0.368 e. The molecule has 0 unspecified atom stereocenters. The monoisotopic (exact) mass is 347 g/mol. The normalized spacial score (nSPS) is 11.0. The van der Waals surface area contributed by atoms with Crippen LogP contribution in [0.15, 0.2) is 29.3 Å². The van der Waals surface area contributed by atoms with E-state index in [9.17, 15) is 9.59 Å². The summed E-state index contributed by atoms with van der Waals surface area (Å²) in [5.41, 5.74) is 6.49. The van der Waals surface area contributed by atoms with Gasteiger partial charge in [0.05, 0.1) is 13.1 Å². The number of nitrogens with one attached hydrogen (secondary N) is 3. The Morgan fingerprint density at radius 3 is 2.36 bits per heavy atom. The second-order valence-electron chi connectivity index (χ2n) is 5.67. The molecule has 1 aromatic rings. The third kappa shape index (κ3) is 8.74. The van der Waals surface area contributed by atoms with E-state index < -0.39 is 5.91 Å². The summed E-state index contributed by atoms with van der Waals surface area (Å²) >= 11 is 0. The first kappa shape index (κ1) is 20.5. The Morgan fingerprint density at radius 2 is 1.76 bits per heavy atom. The average Bonchev–Trinajstić information content (AvgIpc) is 2.61. The number of guanidine groups is 1. The van der Waals surface area contributed by atoms with Crippen molar-refractivity contribution >= 4 is 17.8 Å². The predicted molar refractivity (Wildman–Crippen MR) is 100 cm³/mol. The lowest BCUT2D eigenvalue weighted by Gasteiger charge is -2.11. The van der Waals surface area contributed by atoms with E-state index in [0.29, 0.717) is 12.1 Å². The molecule has 0 aliphatic rings. The van der Waals surface area contributed by atoms with E-state index in [1.165, 1.54) is 12.8 Å². The van der Waals surface area contributed by atoms with Gasteiger partial charge in [0.25, 0.3) is 5.91 Å². The fourth-order valence-electron chi connectivity index (χ4n) is 2.12. The predicted octanol–water partition coefficient (Wildman–Crippen LogP) is 1.15. The van der Waals surface area contributed by atoms with Crippen molar-refractivity contribution in [2.45, 2.75) is 39.7 Å². The number of rotatable bonds is 10. The van der Waals surface area contributed by atoms with Crippen LogP contribution in [-0.4, -0.2) is 37.4 Å². The van der Waals surface area contributed by atoms with Gasteiger partial charge >= 0.3 is 0 Å². The lowest BCUT2D eigenvalue weighted by Crippen LogP contribution is -2.37. The topological polar surface area (TPSA) is 109 Å². The number of nitrogens with zero attached hydrogens (tertiary/aromatic N) is 1. The Balaban J connectivity index is 2.56. The fourth-order valence-corrected chi connectivity index (χ4v) is 2.12. The molecule has 5 N–H and O–H groups in total. The zero-order valence-electron chi connectivity index (χ0n) is 15.1. The van der Waals surface area contributed by atoms with Gasteiger partial charge in [-0.25, -0.2) is 4.99 Å². The van der Waals surface area contributed by atoms with Gasteiger partial charge in [-0.2, -0.15) is 0 Å². The van der Waals surface area contributed by atoms with E-state index in [1.807, 2.05) is 19.1 Å². The number of amides is 2. The quantitative estimate of drug-likeness (QED) is 0.289. The van der Waals surface area contributed by atoms with Crippen LogP contribution in [-0.2, 0) is 11.3 Å². The number of carbonyl (C=O) groups excluding carboxylic acids is 2. The van der Waals surface area contributed by atoms with Gasteiger partial charge in [0, 0.05) is 18.7 Å². The number of carbonyl (C=O) groups is 2. The van der Waals surface area contributed by atoms with Crippen LogP contribution in [0.4, 0.5) is 0 Å². The molecule has 0 spiro atoms. The van der Waals surface area contributed by atoms with Gasteiger partial charge in [0.15, 0.2) is 5.96 Å². The van der Waals surface area contributed by atoms with Crippen molar-refractivity contribution in [2.75, 3.05) is 19.6 Å². The molecule has 0 aliphatic carbocycles. The molecular weight excluding hydrogens is 318 g/mol. The van der Waals surface area contributed by atoms with Gasteiger partial charge in [-0.1, -0.05) is 31.9 Å². The second-order valence-corrected chi connectivity index (χ2v) is 5.67. The molecule has 0 aliphatic heterocycles. The summed E-state index contributed by atoms with van der Waals surface area (Å²) in [6.45, 7) is 6.27. The van der Waals surface area contributed by atoms with Crippen molar-refractivity contribution in [1.29, 1.82) is 0 Å². The van der Waals surface area contributed by atoms with Crippen LogP contribution in [0.3, 0.4) is 0 Å². The molecule has 1 rings (SSSR count). The molecule has 1 aromatic carbocycles. The van der Waals surface area contributed by atoms with Gasteiger partial charge < -0.3 is 21.7 Å². The molecule has 0 fully saturated rings. The minimum absolute atomic E-state index is 0.166. The third-order valence-electron chi connectivity index (χ3n) is 3.48. The molecule has 0 bridgehead atoms. The number of nitrogens with two attached hydrogens (primary N) is 1. The number of hydrogen-bond acceptors (Lipinski definition) is 3. The molecule has 0 atom stereocenters. The van der Waals surface area contributed by atoms with Crippen LogP contribution >= 0.6 is 0 Å². The number of aliphatic imine (C=N–C) groups is 1. The summed E-state index contributed by atoms with van der Waals surface area (Å²) in [7, 11) is 0. The van der Waals surface area contributed by atoms with Gasteiger partial charge in [0.2, 0.25) is 5.91 Å². The zero-order chi connectivity index (χ0) is 18.5. The van der Waals surface area contributed by atoms with E-state index in [-0.39, 0.29) is 12.5 Å². The van der Waals surface area contributed by atoms with Crippen molar-refractivity contribution < 1.29 is 9.59 Å². The first-order valence-electron chi connectivity index (χ1n) is 8.74. The fraction of sp³-hybridized carbons (Fsp3) is 0.500. The highest BCUT2D eigenvalue weighted by molar-refractivity contribution is 5.96. The molecule has 7 heteroatoms. The summed E-state index contributed by atoms with van der Waals surface area (Å²) in [6.07, 6.45) is 3.51. The van der Waals surface area contributed by atoms with Crippen molar-refractivity contribution in [2.24, 2.45) is 10.7 Å². The van der Waals surface area contributed by atoms with Gasteiger partial charge in [-0.15, -0.1) is 0 Å². The second kappa shape index (κ2) is 11.9. The first-order valence-corrected chi connectivity index (χ1v) is 8.74. The highest BCUT2D eigenvalue weighted by Gasteiger charge is 2.06. The van der Waals surface area contributed by atoms with Crippen LogP contribution in [0.5, 0.6) is 0 Å². The van der Waals surface area contributed by atoms with E-state index >= 15 is 0 Å². The van der Waals surface area contributed by atoms with Crippen molar-refractivity contribution in [3.63, 3.8) is 0 Å². The lowest BCUT2D eigenvalue weighted by atomic mass is 10.1. The van der Waals surface area contributed by atoms with E-state index in [2.05, 4.69) is 27.9 Å². The SMILES string of the molecule is CCCCCNC(=NCc1ccc(C(=O)NCC(N)=O)cc1)NCC. The van der Waals surface area contributed by atoms with Crippen LogP contribution in [0.1, 0.15) is 49.0 Å². The molecule has 0 saturated carbocycles. The molecule has 0 saturated heterocycles. The minimum atomic E-state index is -0.568. The molecule has 7 nitrogen and oxygen atoms in total. The van der Waals surface area contributed by atoms with Crippen molar-refractivity contribution in [1.82, 2.24) is 16.0 Å². The maximum atomic E-state index is 11.8. The molecule has 0 aromatic heterocycles. The third-order valence-corrected chi connectivity index (χ3v) is 3.48. The van der Waals surface area contributed by atoms with E-state index in [1.54, 1.807) is 12.1 Å². The number of hydrogen-bond donors (Lipinski definition) is 4. The first-order chi connectivity index (χ1) is 12.1. The summed E-state index contributed by atoms with van der Waals surface area (Å²) in [5, 5.41) is 8.99. The Labute approximate surface area is 149 Å². The summed E-state index contributed by atoms with van der Waals surface area (Å²) in [4.78, 5) is 27.0. The Bertz CT molecular complexity index is 569. The van der Waals surface area contributed by atoms with Gasteiger partial charge in [0.1, 0.15) is 0 Å². The number of primary amides is 1.